The van der Waals surface area contributed by atoms with Gasteiger partial charge in [0, 0.05) is 27.8 Å². The first kappa shape index (κ1) is 39.4. The van der Waals surface area contributed by atoms with Crippen molar-refractivity contribution in [3.63, 3.8) is 0 Å². The summed E-state index contributed by atoms with van der Waals surface area (Å²) in [5, 5.41) is 38.2. The number of amidine groups is 1. The van der Waals surface area contributed by atoms with Crippen LogP contribution in [0.1, 0.15) is 131 Å². The molecule has 0 unspecified atom stereocenters. The number of hydrogen-bond acceptors (Lipinski definition) is 9. The molecule has 0 radical (unpaired) electrons. The van der Waals surface area contributed by atoms with Crippen molar-refractivity contribution in [2.45, 2.75) is 124 Å². The summed E-state index contributed by atoms with van der Waals surface area (Å²) in [5.41, 5.74) is 1.25. The summed E-state index contributed by atoms with van der Waals surface area (Å²) in [4.78, 5) is 9.95. The van der Waals surface area contributed by atoms with Crippen molar-refractivity contribution in [2.75, 3.05) is 19.8 Å². The van der Waals surface area contributed by atoms with Gasteiger partial charge in [0.2, 0.25) is 5.66 Å². The monoisotopic (exact) mass is 701 g/mol. The van der Waals surface area contributed by atoms with Crippen LogP contribution in [0.25, 0.3) is 0 Å². The molecule has 9 heteroatoms. The molecule has 0 saturated heterocycles. The number of rotatable bonds is 21. The second kappa shape index (κ2) is 19.3. The van der Waals surface area contributed by atoms with Gasteiger partial charge in [-0.15, -0.1) is 0 Å². The minimum Gasteiger partial charge on any atom is -0.507 e. The van der Waals surface area contributed by atoms with Crippen molar-refractivity contribution in [3.8, 4) is 34.5 Å². The van der Waals surface area contributed by atoms with Crippen LogP contribution >= 0.6 is 0 Å². The van der Waals surface area contributed by atoms with Crippen molar-refractivity contribution in [2.24, 2.45) is 9.98 Å². The molecule has 0 aliphatic carbocycles. The molecule has 0 atom stereocenters. The Morgan fingerprint density at radius 2 is 0.961 bits per heavy atom. The van der Waals surface area contributed by atoms with Gasteiger partial charge in [0.25, 0.3) is 0 Å². The molecule has 0 saturated carbocycles. The van der Waals surface area contributed by atoms with Crippen LogP contribution in [0.3, 0.4) is 0 Å². The predicted octanol–water partition coefficient (Wildman–Crippen LogP) is 9.89. The quantitative estimate of drug-likeness (QED) is 0.0815. The maximum absolute atomic E-state index is 11.8. The second-order valence-electron chi connectivity index (χ2n) is 13.5. The van der Waals surface area contributed by atoms with Gasteiger partial charge in [-0.2, -0.15) is 0 Å². The zero-order valence-corrected chi connectivity index (χ0v) is 31.6. The maximum Gasteiger partial charge on any atom is 0.212 e. The van der Waals surface area contributed by atoms with Gasteiger partial charge in [-0.25, -0.2) is 9.98 Å². The Bertz CT molecular complexity index is 1580. The molecule has 51 heavy (non-hydrogen) atoms. The van der Waals surface area contributed by atoms with Gasteiger partial charge < -0.3 is 34.8 Å². The van der Waals surface area contributed by atoms with Gasteiger partial charge in [-0.05, 0) is 76.4 Å². The van der Waals surface area contributed by atoms with Crippen molar-refractivity contribution in [3.05, 3.63) is 69.8 Å². The van der Waals surface area contributed by atoms with Gasteiger partial charge in [0.1, 0.15) is 40.3 Å². The fourth-order valence-electron chi connectivity index (χ4n) is 6.35. The third-order valence-corrected chi connectivity index (χ3v) is 9.64. The number of nitrogens with one attached hydrogen (secondary N) is 1. The number of hydrogen-bond donors (Lipinski definition) is 4. The highest BCUT2D eigenvalue weighted by Crippen LogP contribution is 2.49. The highest BCUT2D eigenvalue weighted by atomic mass is 16.5. The van der Waals surface area contributed by atoms with E-state index in [0.717, 1.165) is 77.0 Å². The number of phenols is 3. The molecule has 4 rings (SSSR count). The Morgan fingerprint density at radius 3 is 1.39 bits per heavy atom. The van der Waals surface area contributed by atoms with Gasteiger partial charge in [-0.3, -0.25) is 0 Å². The standard InChI is InChI=1S/C42H59N3O6/c1-7-10-13-16-25-49-35-22-19-32(38(46)29(35)4)41-43-28-44-42(45-41,33-20-23-36(30(5)39(33)47)50-26-17-14-11-8-2)34-21-24-37(31(6)40(34)48)51-27-18-15-12-9-3/h19-24,28,46-48H,7-18,25-27H2,1-6H3,(H,43,44,45). The average molecular weight is 702 g/mol. The van der Waals surface area contributed by atoms with Crippen LogP contribution in [0.5, 0.6) is 34.5 Å². The number of benzene rings is 3. The van der Waals surface area contributed by atoms with Crippen molar-refractivity contribution >= 4 is 12.2 Å². The third-order valence-electron chi connectivity index (χ3n) is 9.64. The third kappa shape index (κ3) is 9.48. The van der Waals surface area contributed by atoms with E-state index < -0.39 is 5.66 Å². The largest absolute Gasteiger partial charge is 0.507 e. The van der Waals surface area contributed by atoms with E-state index in [1.54, 1.807) is 32.0 Å². The second-order valence-corrected chi connectivity index (χ2v) is 13.5. The minimum atomic E-state index is -1.61. The maximum atomic E-state index is 11.8. The number of phenolic OH excluding ortho intramolecular Hbond substituents is 3. The van der Waals surface area contributed by atoms with E-state index in [4.69, 9.17) is 24.2 Å². The molecule has 3 aromatic rings. The number of aliphatic imine (C=N–C) groups is 2. The van der Waals surface area contributed by atoms with Crippen LogP contribution in [-0.4, -0.2) is 47.3 Å². The molecule has 9 nitrogen and oxygen atoms in total. The van der Waals surface area contributed by atoms with Crippen LogP contribution in [0.4, 0.5) is 0 Å². The van der Waals surface area contributed by atoms with E-state index in [0.29, 0.717) is 76.3 Å². The number of unbranched alkanes of at least 4 members (excludes halogenated alkanes) is 9. The Hall–Kier alpha value is -4.40. The Morgan fingerprint density at radius 1 is 0.549 bits per heavy atom. The van der Waals surface area contributed by atoms with Crippen LogP contribution < -0.4 is 19.5 Å². The number of aromatic hydroxyl groups is 3. The molecular weight excluding hydrogens is 642 g/mol. The average Bonchev–Trinajstić information content (AvgIpc) is 3.13. The van der Waals surface area contributed by atoms with E-state index in [1.807, 2.05) is 25.1 Å². The molecule has 0 aromatic heterocycles. The molecule has 1 aliphatic heterocycles. The molecular formula is C42H59N3O6. The summed E-state index contributed by atoms with van der Waals surface area (Å²) in [7, 11) is 0. The highest BCUT2D eigenvalue weighted by Gasteiger charge is 2.42. The summed E-state index contributed by atoms with van der Waals surface area (Å²) in [5.74, 6) is 2.04. The van der Waals surface area contributed by atoms with Crippen LogP contribution in [-0.2, 0) is 5.66 Å². The minimum absolute atomic E-state index is 0.0240. The SMILES string of the molecule is CCCCCCOc1ccc(C2=NC(c3ccc(OCCCCCC)c(C)c3O)(c3ccc(OCCCCCC)c(C)c3O)N=CN2)c(O)c1C. The summed E-state index contributed by atoms with van der Waals surface area (Å²) < 4.78 is 18.2. The fraction of sp³-hybridized carbons (Fsp3) is 0.524. The number of ether oxygens (including phenoxy) is 3. The zero-order chi connectivity index (χ0) is 36.8. The molecule has 1 heterocycles. The van der Waals surface area contributed by atoms with Gasteiger partial charge >= 0.3 is 0 Å². The van der Waals surface area contributed by atoms with E-state index in [1.165, 1.54) is 6.34 Å². The lowest BCUT2D eigenvalue weighted by Crippen LogP contribution is -2.37. The molecule has 3 aromatic carbocycles. The number of nitrogens with zero attached hydrogens (tertiary/aromatic N) is 2. The Kier molecular flexibility index (Phi) is 14.9. The van der Waals surface area contributed by atoms with Gasteiger partial charge in [-0.1, -0.05) is 78.6 Å². The summed E-state index contributed by atoms with van der Waals surface area (Å²) >= 11 is 0. The lowest BCUT2D eigenvalue weighted by Gasteiger charge is -2.33. The van der Waals surface area contributed by atoms with E-state index in [2.05, 4.69) is 26.1 Å². The molecule has 278 valence electrons. The Balaban J connectivity index is 1.77. The zero-order valence-electron chi connectivity index (χ0n) is 31.6. The first-order valence-electron chi connectivity index (χ1n) is 19.0. The molecule has 0 amide bonds. The molecule has 0 bridgehead atoms. The van der Waals surface area contributed by atoms with Gasteiger partial charge in [0.15, 0.2) is 0 Å². The van der Waals surface area contributed by atoms with Crippen molar-refractivity contribution in [1.82, 2.24) is 5.32 Å². The molecule has 0 spiro atoms. The van der Waals surface area contributed by atoms with E-state index in [9.17, 15) is 15.3 Å². The summed E-state index contributed by atoms with van der Waals surface area (Å²) in [6.45, 7) is 13.6. The fourth-order valence-corrected chi connectivity index (χ4v) is 6.35. The lowest BCUT2D eigenvalue weighted by atomic mass is 9.87. The van der Waals surface area contributed by atoms with E-state index in [-0.39, 0.29) is 17.2 Å². The first-order chi connectivity index (χ1) is 24.7. The topological polar surface area (TPSA) is 125 Å². The highest BCUT2D eigenvalue weighted by molar-refractivity contribution is 6.08. The predicted molar refractivity (Wildman–Crippen MR) is 206 cm³/mol. The van der Waals surface area contributed by atoms with Crippen molar-refractivity contribution < 1.29 is 29.5 Å². The molecule has 4 N–H and O–H groups in total. The lowest BCUT2D eigenvalue weighted by molar-refractivity contribution is 0.299. The van der Waals surface area contributed by atoms with Gasteiger partial charge in [0.05, 0.1) is 31.7 Å². The summed E-state index contributed by atoms with van der Waals surface area (Å²) in [6, 6.07) is 10.8. The molecule has 0 fully saturated rings. The van der Waals surface area contributed by atoms with E-state index >= 15 is 0 Å². The smallest absolute Gasteiger partial charge is 0.212 e. The molecule has 1 aliphatic rings. The van der Waals surface area contributed by atoms with Crippen LogP contribution in [0, 0.1) is 20.8 Å². The summed E-state index contributed by atoms with van der Waals surface area (Å²) in [6.07, 6.45) is 14.4. The Labute approximate surface area is 304 Å². The van der Waals surface area contributed by atoms with Crippen molar-refractivity contribution in [1.29, 1.82) is 0 Å². The first-order valence-corrected chi connectivity index (χ1v) is 19.0. The van der Waals surface area contributed by atoms with Crippen LogP contribution in [0.15, 0.2) is 46.4 Å². The normalized spacial score (nSPS) is 13.5. The van der Waals surface area contributed by atoms with Crippen LogP contribution in [0.2, 0.25) is 0 Å².